The van der Waals surface area contributed by atoms with Crippen molar-refractivity contribution in [2.45, 2.75) is 65.3 Å². The van der Waals surface area contributed by atoms with Gasteiger partial charge in [0.1, 0.15) is 0 Å². The van der Waals surface area contributed by atoms with Crippen LogP contribution in [-0.4, -0.2) is 29.6 Å². The molecule has 0 aliphatic carbocycles. The molecule has 184 valence electrons. The molecule has 2 atom stereocenters. The van der Waals surface area contributed by atoms with E-state index in [9.17, 15) is 14.4 Å². The van der Waals surface area contributed by atoms with Crippen molar-refractivity contribution in [3.8, 4) is 0 Å². The maximum Gasteiger partial charge on any atom is 0.319 e. The number of carbonyl (C=O) groups excluding carboxylic acids is 2. The van der Waals surface area contributed by atoms with Gasteiger partial charge in [-0.1, -0.05) is 69.4 Å². The molecule has 0 aliphatic rings. The first kappa shape index (κ1) is 26.9. The number of anilines is 1. The second-order valence-corrected chi connectivity index (χ2v) is 8.69. The third-order valence-corrected chi connectivity index (χ3v) is 5.93. The third kappa shape index (κ3) is 9.25. The molecule has 2 rings (SSSR count). The summed E-state index contributed by atoms with van der Waals surface area (Å²) in [7, 11) is 0. The number of carboxylic acid groups (broad SMARTS) is 1. The molecule has 0 fully saturated rings. The number of hydrogen-bond acceptors (Lipinski definition) is 3. The summed E-state index contributed by atoms with van der Waals surface area (Å²) in [4.78, 5) is 35.7. The number of unbranched alkanes of at least 4 members (excludes halogenated alkanes) is 1. The molecule has 4 N–H and O–H groups in total. The van der Waals surface area contributed by atoms with Gasteiger partial charge in [-0.25, -0.2) is 4.79 Å². The summed E-state index contributed by atoms with van der Waals surface area (Å²) >= 11 is 0. The molecule has 7 nitrogen and oxygen atoms in total. The number of carbonyl (C=O) groups is 3. The highest BCUT2D eigenvalue weighted by atomic mass is 16.4. The third-order valence-electron chi connectivity index (χ3n) is 5.93. The van der Waals surface area contributed by atoms with Gasteiger partial charge in [0.25, 0.3) is 5.91 Å². The van der Waals surface area contributed by atoms with Gasteiger partial charge >= 0.3 is 12.0 Å². The Morgan fingerprint density at radius 2 is 1.65 bits per heavy atom. The van der Waals surface area contributed by atoms with Gasteiger partial charge in [0.05, 0.1) is 12.5 Å². The topological polar surface area (TPSA) is 108 Å². The number of nitrogens with one attached hydrogen (secondary N) is 3. The smallest absolute Gasteiger partial charge is 0.319 e. The van der Waals surface area contributed by atoms with Gasteiger partial charge in [-0.15, -0.1) is 0 Å². The second kappa shape index (κ2) is 14.0. The van der Waals surface area contributed by atoms with E-state index in [4.69, 9.17) is 5.11 Å². The lowest BCUT2D eigenvalue weighted by Gasteiger charge is -2.25. The minimum Gasteiger partial charge on any atom is -0.481 e. The Balaban J connectivity index is 2.12. The molecule has 7 heteroatoms. The summed E-state index contributed by atoms with van der Waals surface area (Å²) in [6.45, 7) is 6.43. The molecule has 0 radical (unpaired) electrons. The van der Waals surface area contributed by atoms with Crippen LogP contribution in [0.2, 0.25) is 0 Å². The van der Waals surface area contributed by atoms with Crippen LogP contribution >= 0.6 is 0 Å². The minimum atomic E-state index is -0.956. The average molecular weight is 468 g/mol. The number of benzene rings is 2. The Morgan fingerprint density at radius 3 is 2.24 bits per heavy atom. The normalized spacial score (nSPS) is 12.4. The number of rotatable bonds is 13. The number of carboxylic acids is 1. The van der Waals surface area contributed by atoms with Gasteiger partial charge in [0, 0.05) is 17.8 Å². The van der Waals surface area contributed by atoms with Gasteiger partial charge in [0.15, 0.2) is 0 Å². The monoisotopic (exact) mass is 467 g/mol. The quantitative estimate of drug-likeness (QED) is 0.304. The van der Waals surface area contributed by atoms with Crippen molar-refractivity contribution in [1.82, 2.24) is 10.6 Å². The highest BCUT2D eigenvalue weighted by Gasteiger charge is 2.20. The van der Waals surface area contributed by atoms with Crippen LogP contribution in [0, 0.1) is 12.8 Å². The molecule has 0 heterocycles. The van der Waals surface area contributed by atoms with E-state index in [1.165, 1.54) is 0 Å². The highest BCUT2D eigenvalue weighted by Crippen LogP contribution is 2.27. The van der Waals surface area contributed by atoms with Crippen molar-refractivity contribution in [2.75, 3.05) is 11.9 Å². The van der Waals surface area contributed by atoms with Crippen molar-refractivity contribution in [3.05, 3.63) is 65.2 Å². The zero-order chi connectivity index (χ0) is 24.9. The van der Waals surface area contributed by atoms with E-state index in [0.717, 1.165) is 48.9 Å². The maximum atomic E-state index is 12.8. The summed E-state index contributed by atoms with van der Waals surface area (Å²) in [5.74, 6) is -0.797. The van der Waals surface area contributed by atoms with Crippen LogP contribution < -0.4 is 16.0 Å². The molecule has 0 bridgehead atoms. The molecule has 0 aromatic heterocycles. The zero-order valence-electron chi connectivity index (χ0n) is 20.4. The highest BCUT2D eigenvalue weighted by molar-refractivity contribution is 5.94. The number of amides is 3. The molecule has 0 aliphatic heterocycles. The van der Waals surface area contributed by atoms with Gasteiger partial charge in [0.2, 0.25) is 0 Å². The number of hydrogen-bond donors (Lipinski definition) is 4. The fourth-order valence-electron chi connectivity index (χ4n) is 3.81. The molecule has 0 saturated carbocycles. The van der Waals surface area contributed by atoms with E-state index < -0.39 is 5.97 Å². The van der Waals surface area contributed by atoms with Crippen molar-refractivity contribution >= 4 is 23.6 Å². The summed E-state index contributed by atoms with van der Waals surface area (Å²) in [6, 6.07) is 14.3. The van der Waals surface area contributed by atoms with Crippen LogP contribution in [0.4, 0.5) is 10.5 Å². The lowest BCUT2D eigenvalue weighted by atomic mass is 9.89. The lowest BCUT2D eigenvalue weighted by molar-refractivity contribution is -0.136. The van der Waals surface area contributed by atoms with Gasteiger partial charge in [-0.2, -0.15) is 0 Å². The van der Waals surface area contributed by atoms with Crippen LogP contribution in [0.1, 0.15) is 79.9 Å². The van der Waals surface area contributed by atoms with E-state index >= 15 is 0 Å². The molecule has 2 aromatic rings. The van der Waals surface area contributed by atoms with Crippen molar-refractivity contribution < 1.29 is 19.5 Å². The molecule has 3 amide bonds. The van der Waals surface area contributed by atoms with Crippen LogP contribution in [0.5, 0.6) is 0 Å². The van der Waals surface area contributed by atoms with E-state index in [-0.39, 0.29) is 30.9 Å². The number of urea groups is 1. The predicted molar refractivity (Wildman–Crippen MR) is 135 cm³/mol. The Kier molecular flexibility index (Phi) is 11.1. The second-order valence-electron chi connectivity index (χ2n) is 8.69. The first-order valence-electron chi connectivity index (χ1n) is 12.1. The first-order valence-corrected chi connectivity index (χ1v) is 12.1. The van der Waals surface area contributed by atoms with E-state index in [0.29, 0.717) is 11.5 Å². The van der Waals surface area contributed by atoms with Gasteiger partial charge in [-0.3, -0.25) is 9.59 Å². The van der Waals surface area contributed by atoms with Crippen LogP contribution in [-0.2, 0) is 4.79 Å². The van der Waals surface area contributed by atoms with Crippen LogP contribution in [0.3, 0.4) is 0 Å². The minimum absolute atomic E-state index is 0.0783. The Hall–Kier alpha value is -3.35. The molecular weight excluding hydrogens is 430 g/mol. The Labute approximate surface area is 202 Å². The Bertz CT molecular complexity index is 926. The summed E-state index contributed by atoms with van der Waals surface area (Å²) in [6.07, 6.45) is 5.10. The van der Waals surface area contributed by atoms with E-state index in [1.807, 2.05) is 43.3 Å². The van der Waals surface area contributed by atoms with E-state index in [1.54, 1.807) is 12.1 Å². The van der Waals surface area contributed by atoms with Crippen LogP contribution in [0.25, 0.3) is 0 Å². The van der Waals surface area contributed by atoms with Crippen molar-refractivity contribution in [1.29, 1.82) is 0 Å². The van der Waals surface area contributed by atoms with Gasteiger partial charge in [-0.05, 0) is 49.1 Å². The fraction of sp³-hybridized carbons (Fsp3) is 0.444. The first-order chi connectivity index (χ1) is 16.3. The molecule has 34 heavy (non-hydrogen) atoms. The molecule has 2 unspecified atom stereocenters. The Morgan fingerprint density at radius 1 is 0.971 bits per heavy atom. The SMILES string of the molecule is CCCCC(CC)CC(NC(=O)Nc1ccc(C)cc1)c1ccc(C(=O)NCCC(=O)O)cc1. The molecule has 0 spiro atoms. The van der Waals surface area contributed by atoms with Gasteiger partial charge < -0.3 is 21.1 Å². The number of aryl methyl sites for hydroxylation is 1. The average Bonchev–Trinajstić information content (AvgIpc) is 2.82. The zero-order valence-corrected chi connectivity index (χ0v) is 20.4. The fourth-order valence-corrected chi connectivity index (χ4v) is 3.81. The summed E-state index contributed by atoms with van der Waals surface area (Å²) < 4.78 is 0. The number of aliphatic carboxylic acids is 1. The van der Waals surface area contributed by atoms with Crippen LogP contribution in [0.15, 0.2) is 48.5 Å². The lowest BCUT2D eigenvalue weighted by Crippen LogP contribution is -2.33. The molecule has 0 saturated heterocycles. The van der Waals surface area contributed by atoms with E-state index in [2.05, 4.69) is 29.8 Å². The van der Waals surface area contributed by atoms with Crippen molar-refractivity contribution in [2.24, 2.45) is 5.92 Å². The standard InChI is InChI=1S/C27H37N3O4/c1-4-6-7-20(5-2)18-24(30-27(34)29-23-14-8-19(3)9-15-23)21-10-12-22(13-11-21)26(33)28-17-16-25(31)32/h8-15,20,24H,4-7,16-18H2,1-3H3,(H,28,33)(H,31,32)(H2,29,30,34). The summed E-state index contributed by atoms with van der Waals surface area (Å²) in [5.41, 5.74) is 3.23. The largest absolute Gasteiger partial charge is 0.481 e. The predicted octanol–water partition coefficient (Wildman–Crippen LogP) is 5.67. The molecular formula is C27H37N3O4. The maximum absolute atomic E-state index is 12.8. The molecule has 2 aromatic carbocycles. The summed E-state index contributed by atoms with van der Waals surface area (Å²) in [5, 5.41) is 17.4. The van der Waals surface area contributed by atoms with Crippen molar-refractivity contribution in [3.63, 3.8) is 0 Å².